The normalized spacial score (nSPS) is 10.1. The number of nitrogens with zero attached hydrogens (tertiary/aromatic N) is 3. The lowest BCUT2D eigenvalue weighted by atomic mass is 10.1. The molecule has 1 aromatic rings. The fraction of sp³-hybridized carbons (Fsp3) is 0.385. The molecule has 0 N–H and O–H groups in total. The summed E-state index contributed by atoms with van der Waals surface area (Å²) in [6.45, 7) is 0. The van der Waals surface area contributed by atoms with E-state index in [1.54, 1.807) is 35.8 Å². The van der Waals surface area contributed by atoms with E-state index in [9.17, 15) is 0 Å². The van der Waals surface area contributed by atoms with Crippen LogP contribution in [0.1, 0.15) is 17.5 Å². The van der Waals surface area contributed by atoms with Crippen LogP contribution in [0.3, 0.4) is 0 Å². The lowest BCUT2D eigenvalue weighted by Crippen LogP contribution is -2.01. The van der Waals surface area contributed by atoms with Gasteiger partial charge in [-0.1, -0.05) is 11.9 Å². The maximum atomic E-state index is 8.93. The van der Waals surface area contributed by atoms with Crippen molar-refractivity contribution >= 4 is 23.7 Å². The maximum absolute atomic E-state index is 8.93. The molecule has 1 rings (SSSR count). The molecule has 18 heavy (non-hydrogen) atoms. The first-order valence-electron chi connectivity index (χ1n) is 5.54. The minimum absolute atomic E-state index is 0.449. The molecule has 0 fully saturated rings. The minimum Gasteiger partial charge on any atom is -0.257 e. The summed E-state index contributed by atoms with van der Waals surface area (Å²) in [4.78, 5) is 1.06. The van der Waals surface area contributed by atoms with Crippen molar-refractivity contribution in [3.8, 4) is 12.1 Å². The van der Waals surface area contributed by atoms with Crippen molar-refractivity contribution in [3.05, 3.63) is 29.3 Å². The third-order valence-corrected chi connectivity index (χ3v) is 4.21. The molecule has 0 saturated carbocycles. The molecule has 0 amide bonds. The zero-order valence-corrected chi connectivity index (χ0v) is 12.1. The van der Waals surface area contributed by atoms with Gasteiger partial charge in [0.2, 0.25) is 0 Å². The minimum atomic E-state index is 0.449. The Morgan fingerprint density at radius 1 is 1.11 bits per heavy atom. The van der Waals surface area contributed by atoms with Crippen molar-refractivity contribution in [2.45, 2.75) is 11.3 Å². The van der Waals surface area contributed by atoms with Crippen LogP contribution in [0.4, 0.5) is 0 Å². The molecule has 0 saturated heterocycles. The zero-order valence-electron chi connectivity index (χ0n) is 10.5. The summed E-state index contributed by atoms with van der Waals surface area (Å²) in [7, 11) is 4.08. The number of hydrogen-bond acceptors (Lipinski definition) is 5. The summed E-state index contributed by atoms with van der Waals surface area (Å²) >= 11 is 3.53. The predicted molar refractivity (Wildman–Crippen MR) is 77.4 cm³/mol. The summed E-state index contributed by atoms with van der Waals surface area (Å²) < 4.78 is 2.10. The van der Waals surface area contributed by atoms with Crippen molar-refractivity contribution in [1.29, 1.82) is 10.5 Å². The SMILES string of the molecule is CN(C)SCCCSc1ccc(C#N)c(C#N)c1. The van der Waals surface area contributed by atoms with Gasteiger partial charge in [-0.3, -0.25) is 4.31 Å². The van der Waals surface area contributed by atoms with Crippen LogP contribution < -0.4 is 0 Å². The zero-order chi connectivity index (χ0) is 13.4. The topological polar surface area (TPSA) is 50.8 Å². The van der Waals surface area contributed by atoms with Crippen LogP contribution >= 0.6 is 23.7 Å². The van der Waals surface area contributed by atoms with Gasteiger partial charge in [0.25, 0.3) is 0 Å². The molecule has 5 heteroatoms. The molecular weight excluding hydrogens is 262 g/mol. The van der Waals surface area contributed by atoms with Crippen LogP contribution in [0, 0.1) is 22.7 Å². The Morgan fingerprint density at radius 2 is 1.83 bits per heavy atom. The Morgan fingerprint density at radius 3 is 2.44 bits per heavy atom. The van der Waals surface area contributed by atoms with Crippen LogP contribution in [0.2, 0.25) is 0 Å². The standard InChI is InChI=1S/C13H15N3S2/c1-16(2)18-7-3-6-17-13-5-4-11(9-14)12(8-13)10-15/h4-5,8H,3,6-7H2,1-2H3. The first-order chi connectivity index (χ1) is 8.67. The Hall–Kier alpha value is -1.14. The van der Waals surface area contributed by atoms with E-state index in [4.69, 9.17) is 10.5 Å². The highest BCUT2D eigenvalue weighted by molar-refractivity contribution is 7.99. The second-order valence-electron chi connectivity index (χ2n) is 3.78. The Balaban J connectivity index is 2.45. The van der Waals surface area contributed by atoms with Crippen LogP contribution in [-0.2, 0) is 0 Å². The number of nitriles is 2. The molecule has 0 atom stereocenters. The Bertz CT molecular complexity index is 472. The average Bonchev–Trinajstić information content (AvgIpc) is 2.37. The van der Waals surface area contributed by atoms with Gasteiger partial charge < -0.3 is 0 Å². The summed E-state index contributed by atoms with van der Waals surface area (Å²) in [5.41, 5.74) is 0.912. The van der Waals surface area contributed by atoms with Crippen molar-refractivity contribution in [2.24, 2.45) is 0 Å². The molecule has 0 radical (unpaired) electrons. The van der Waals surface area contributed by atoms with Crippen LogP contribution in [0.25, 0.3) is 0 Å². The van der Waals surface area contributed by atoms with Crippen molar-refractivity contribution < 1.29 is 0 Å². The van der Waals surface area contributed by atoms with Gasteiger partial charge in [0.1, 0.15) is 12.1 Å². The smallest absolute Gasteiger partial charge is 0.101 e. The fourth-order valence-corrected chi connectivity index (χ4v) is 3.01. The van der Waals surface area contributed by atoms with E-state index >= 15 is 0 Å². The highest BCUT2D eigenvalue weighted by atomic mass is 32.2. The predicted octanol–water partition coefficient (Wildman–Crippen LogP) is 3.12. The number of thioether (sulfide) groups is 1. The van der Waals surface area contributed by atoms with Crippen molar-refractivity contribution in [2.75, 3.05) is 25.6 Å². The lowest BCUT2D eigenvalue weighted by molar-refractivity contribution is 0.701. The molecule has 94 valence electrons. The maximum Gasteiger partial charge on any atom is 0.101 e. The average molecular weight is 277 g/mol. The Labute approximate surface area is 117 Å². The summed E-state index contributed by atoms with van der Waals surface area (Å²) in [5, 5.41) is 17.7. The molecule has 3 nitrogen and oxygen atoms in total. The molecule has 0 aliphatic rings. The van der Waals surface area contributed by atoms with E-state index in [0.717, 1.165) is 22.8 Å². The van der Waals surface area contributed by atoms with E-state index in [1.165, 1.54) is 0 Å². The summed E-state index contributed by atoms with van der Waals surface area (Å²) in [6.07, 6.45) is 1.12. The second kappa shape index (κ2) is 8.05. The number of rotatable bonds is 6. The van der Waals surface area contributed by atoms with Gasteiger partial charge in [0, 0.05) is 10.6 Å². The molecule has 0 aliphatic heterocycles. The van der Waals surface area contributed by atoms with E-state index in [-0.39, 0.29) is 0 Å². The quantitative estimate of drug-likeness (QED) is 0.454. The van der Waals surface area contributed by atoms with Crippen LogP contribution in [0.15, 0.2) is 23.1 Å². The largest absolute Gasteiger partial charge is 0.257 e. The molecule has 0 bridgehead atoms. The monoisotopic (exact) mass is 277 g/mol. The number of benzene rings is 1. The first-order valence-corrected chi connectivity index (χ1v) is 7.47. The molecule has 0 heterocycles. The van der Waals surface area contributed by atoms with Crippen LogP contribution in [-0.4, -0.2) is 29.9 Å². The molecule has 0 aliphatic carbocycles. The van der Waals surface area contributed by atoms with Gasteiger partial charge in [0.05, 0.1) is 11.1 Å². The Kier molecular flexibility index (Phi) is 6.67. The van der Waals surface area contributed by atoms with E-state index < -0.39 is 0 Å². The molecule has 0 aromatic heterocycles. The highest BCUT2D eigenvalue weighted by Gasteiger charge is 2.03. The van der Waals surface area contributed by atoms with Gasteiger partial charge >= 0.3 is 0 Å². The fourth-order valence-electron chi connectivity index (χ4n) is 1.30. The molecular formula is C13H15N3S2. The summed E-state index contributed by atoms with van der Waals surface area (Å²) in [6, 6.07) is 9.50. The summed E-state index contributed by atoms with van der Waals surface area (Å²) in [5.74, 6) is 2.12. The molecule has 0 spiro atoms. The van der Waals surface area contributed by atoms with Gasteiger partial charge in [-0.15, -0.1) is 11.8 Å². The molecule has 0 unspecified atom stereocenters. The third kappa shape index (κ3) is 5.01. The molecule has 1 aromatic carbocycles. The van der Waals surface area contributed by atoms with Gasteiger partial charge in [0.15, 0.2) is 0 Å². The van der Waals surface area contributed by atoms with Gasteiger partial charge in [-0.2, -0.15) is 10.5 Å². The lowest BCUT2D eigenvalue weighted by Gasteiger charge is -2.07. The van der Waals surface area contributed by atoms with Crippen molar-refractivity contribution in [1.82, 2.24) is 4.31 Å². The van der Waals surface area contributed by atoms with E-state index in [0.29, 0.717) is 11.1 Å². The first kappa shape index (κ1) is 14.9. The van der Waals surface area contributed by atoms with E-state index in [2.05, 4.69) is 10.4 Å². The van der Waals surface area contributed by atoms with E-state index in [1.807, 2.05) is 26.2 Å². The highest BCUT2D eigenvalue weighted by Crippen LogP contribution is 2.22. The van der Waals surface area contributed by atoms with Crippen molar-refractivity contribution in [3.63, 3.8) is 0 Å². The van der Waals surface area contributed by atoms with Gasteiger partial charge in [-0.25, -0.2) is 0 Å². The van der Waals surface area contributed by atoms with Gasteiger partial charge in [-0.05, 0) is 44.5 Å². The van der Waals surface area contributed by atoms with Crippen LogP contribution in [0.5, 0.6) is 0 Å². The number of hydrogen-bond donors (Lipinski definition) is 0. The third-order valence-electron chi connectivity index (χ3n) is 2.14. The second-order valence-corrected chi connectivity index (χ2v) is 6.34.